The van der Waals surface area contributed by atoms with Crippen LogP contribution in [-0.2, 0) is 0 Å². The molecule has 0 amide bonds. The van der Waals surface area contributed by atoms with Crippen molar-refractivity contribution in [3.05, 3.63) is 51.5 Å². The van der Waals surface area contributed by atoms with Crippen molar-refractivity contribution < 1.29 is 9.84 Å². The molecule has 1 aliphatic rings. The summed E-state index contributed by atoms with van der Waals surface area (Å²) < 4.78 is 6.69. The lowest BCUT2D eigenvalue weighted by molar-refractivity contribution is 0.274. The van der Waals surface area contributed by atoms with Crippen molar-refractivity contribution in [3.63, 3.8) is 0 Å². The molecule has 0 bridgehead atoms. The van der Waals surface area contributed by atoms with E-state index in [-0.39, 0.29) is 11.8 Å². The van der Waals surface area contributed by atoms with Gasteiger partial charge in [0.1, 0.15) is 11.5 Å². The van der Waals surface area contributed by atoms with E-state index in [2.05, 4.69) is 27.3 Å². The van der Waals surface area contributed by atoms with Crippen LogP contribution in [0.3, 0.4) is 0 Å². The standard InChI is InChI=1S/C15H13BrClNO2/c16-9-1-4-15-11(7-9)13(5-6-20-15)18-10-2-3-14(19)12(17)8-10/h1-4,7-8,13,18-19H,5-6H2. The van der Waals surface area contributed by atoms with Gasteiger partial charge in [0.2, 0.25) is 0 Å². The Morgan fingerprint density at radius 3 is 2.90 bits per heavy atom. The van der Waals surface area contributed by atoms with E-state index >= 15 is 0 Å². The number of fused-ring (bicyclic) bond motifs is 1. The highest BCUT2D eigenvalue weighted by molar-refractivity contribution is 9.10. The van der Waals surface area contributed by atoms with Crippen LogP contribution in [0.2, 0.25) is 5.02 Å². The minimum absolute atomic E-state index is 0.0901. The number of phenolic OH excluding ortho intramolecular Hbond substituents is 1. The van der Waals surface area contributed by atoms with Crippen LogP contribution in [-0.4, -0.2) is 11.7 Å². The van der Waals surface area contributed by atoms with Crippen LogP contribution in [0.4, 0.5) is 5.69 Å². The number of rotatable bonds is 2. The monoisotopic (exact) mass is 353 g/mol. The summed E-state index contributed by atoms with van der Waals surface area (Å²) in [6.45, 7) is 0.679. The van der Waals surface area contributed by atoms with Crippen LogP contribution >= 0.6 is 27.5 Å². The highest BCUT2D eigenvalue weighted by Crippen LogP contribution is 2.37. The van der Waals surface area contributed by atoms with E-state index in [4.69, 9.17) is 16.3 Å². The zero-order valence-electron chi connectivity index (χ0n) is 10.6. The molecule has 2 aromatic rings. The molecule has 104 valence electrons. The maximum absolute atomic E-state index is 9.46. The Balaban J connectivity index is 1.89. The van der Waals surface area contributed by atoms with Crippen molar-refractivity contribution >= 4 is 33.2 Å². The maximum atomic E-state index is 9.46. The normalized spacial score (nSPS) is 17.2. The number of phenols is 1. The smallest absolute Gasteiger partial charge is 0.134 e. The van der Waals surface area contributed by atoms with Crippen LogP contribution < -0.4 is 10.1 Å². The lowest BCUT2D eigenvalue weighted by atomic mass is 10.0. The van der Waals surface area contributed by atoms with E-state index in [9.17, 15) is 5.11 Å². The third kappa shape index (κ3) is 2.72. The van der Waals surface area contributed by atoms with Gasteiger partial charge in [-0.2, -0.15) is 0 Å². The fourth-order valence-corrected chi connectivity index (χ4v) is 2.87. The van der Waals surface area contributed by atoms with Crippen LogP contribution in [0.5, 0.6) is 11.5 Å². The van der Waals surface area contributed by atoms with Gasteiger partial charge in [0.25, 0.3) is 0 Å². The van der Waals surface area contributed by atoms with E-state index in [0.717, 1.165) is 27.9 Å². The summed E-state index contributed by atoms with van der Waals surface area (Å²) in [5.41, 5.74) is 2.00. The van der Waals surface area contributed by atoms with Gasteiger partial charge >= 0.3 is 0 Å². The Bertz CT molecular complexity index is 648. The second kappa shape index (κ2) is 5.54. The van der Waals surface area contributed by atoms with Crippen LogP contribution in [0, 0.1) is 0 Å². The summed E-state index contributed by atoms with van der Waals surface area (Å²) in [6.07, 6.45) is 0.877. The predicted molar refractivity (Wildman–Crippen MR) is 83.7 cm³/mol. The quantitative estimate of drug-likeness (QED) is 0.765. The number of anilines is 1. The molecular weight excluding hydrogens is 342 g/mol. The maximum Gasteiger partial charge on any atom is 0.134 e. The molecule has 1 unspecified atom stereocenters. The highest BCUT2D eigenvalue weighted by atomic mass is 79.9. The fourth-order valence-electron chi connectivity index (χ4n) is 2.31. The molecule has 0 saturated carbocycles. The van der Waals surface area contributed by atoms with Gasteiger partial charge in [-0.1, -0.05) is 27.5 Å². The third-order valence-corrected chi connectivity index (χ3v) is 4.10. The molecule has 2 aromatic carbocycles. The summed E-state index contributed by atoms with van der Waals surface area (Å²) in [5.74, 6) is 0.995. The lowest BCUT2D eigenvalue weighted by Gasteiger charge is -2.27. The van der Waals surface area contributed by atoms with E-state index in [1.807, 2.05) is 18.2 Å². The SMILES string of the molecule is Oc1ccc(NC2CCOc3ccc(Br)cc32)cc1Cl. The van der Waals surface area contributed by atoms with Gasteiger partial charge in [-0.3, -0.25) is 0 Å². The summed E-state index contributed by atoms with van der Waals surface area (Å²) in [6, 6.07) is 11.3. The van der Waals surface area contributed by atoms with Crippen molar-refractivity contribution in [2.75, 3.05) is 11.9 Å². The van der Waals surface area contributed by atoms with Crippen molar-refractivity contribution in [1.82, 2.24) is 0 Å². The van der Waals surface area contributed by atoms with Gasteiger partial charge in [-0.05, 0) is 36.4 Å². The molecule has 0 radical (unpaired) electrons. The number of halogens is 2. The molecule has 0 saturated heterocycles. The minimum Gasteiger partial charge on any atom is -0.506 e. The van der Waals surface area contributed by atoms with Gasteiger partial charge in [-0.15, -0.1) is 0 Å². The molecule has 2 N–H and O–H groups in total. The van der Waals surface area contributed by atoms with E-state index in [1.54, 1.807) is 12.1 Å². The molecule has 1 heterocycles. The zero-order valence-corrected chi connectivity index (χ0v) is 12.9. The van der Waals surface area contributed by atoms with E-state index < -0.39 is 0 Å². The van der Waals surface area contributed by atoms with Crippen LogP contribution in [0.1, 0.15) is 18.0 Å². The number of benzene rings is 2. The second-order valence-electron chi connectivity index (χ2n) is 4.68. The summed E-state index contributed by atoms with van der Waals surface area (Å²) >= 11 is 9.42. The third-order valence-electron chi connectivity index (χ3n) is 3.30. The number of hydrogen-bond donors (Lipinski definition) is 2. The summed E-state index contributed by atoms with van der Waals surface area (Å²) in [7, 11) is 0. The molecule has 3 rings (SSSR count). The predicted octanol–water partition coefficient (Wildman–Crippen LogP) is 4.74. The van der Waals surface area contributed by atoms with Gasteiger partial charge in [-0.25, -0.2) is 0 Å². The Labute approximate surface area is 130 Å². The van der Waals surface area contributed by atoms with Crippen molar-refractivity contribution in [3.8, 4) is 11.5 Å². The molecule has 0 spiro atoms. The molecule has 1 atom stereocenters. The first-order chi connectivity index (χ1) is 9.63. The Hall–Kier alpha value is -1.39. The van der Waals surface area contributed by atoms with Crippen LogP contribution in [0.15, 0.2) is 40.9 Å². The number of ether oxygens (including phenoxy) is 1. The Morgan fingerprint density at radius 2 is 2.10 bits per heavy atom. The first-order valence-corrected chi connectivity index (χ1v) is 7.48. The first-order valence-electron chi connectivity index (χ1n) is 6.31. The molecule has 0 aliphatic carbocycles. The lowest BCUT2D eigenvalue weighted by Crippen LogP contribution is -2.20. The average molecular weight is 355 g/mol. The largest absolute Gasteiger partial charge is 0.506 e. The zero-order chi connectivity index (χ0) is 14.1. The fraction of sp³-hybridized carbons (Fsp3) is 0.200. The molecule has 3 nitrogen and oxygen atoms in total. The number of nitrogens with one attached hydrogen (secondary N) is 1. The second-order valence-corrected chi connectivity index (χ2v) is 6.01. The molecule has 1 aliphatic heterocycles. The first kappa shape index (κ1) is 13.6. The molecule has 5 heteroatoms. The van der Waals surface area contributed by atoms with Crippen molar-refractivity contribution in [2.24, 2.45) is 0 Å². The summed E-state index contributed by atoms with van der Waals surface area (Å²) in [5, 5.41) is 13.2. The van der Waals surface area contributed by atoms with Gasteiger partial charge in [0, 0.05) is 22.1 Å². The average Bonchev–Trinajstić information content (AvgIpc) is 2.44. The Kier molecular flexibility index (Phi) is 3.76. The van der Waals surface area contributed by atoms with Crippen LogP contribution in [0.25, 0.3) is 0 Å². The summed E-state index contributed by atoms with van der Waals surface area (Å²) in [4.78, 5) is 0. The van der Waals surface area contributed by atoms with Gasteiger partial charge in [0.05, 0.1) is 17.7 Å². The molecule has 20 heavy (non-hydrogen) atoms. The number of aromatic hydroxyl groups is 1. The topological polar surface area (TPSA) is 41.5 Å². The van der Waals surface area contributed by atoms with Gasteiger partial charge < -0.3 is 15.2 Å². The van der Waals surface area contributed by atoms with E-state index in [1.165, 1.54) is 0 Å². The highest BCUT2D eigenvalue weighted by Gasteiger charge is 2.21. The molecular formula is C15H13BrClNO2. The Morgan fingerprint density at radius 1 is 1.25 bits per heavy atom. The van der Waals surface area contributed by atoms with Crippen molar-refractivity contribution in [2.45, 2.75) is 12.5 Å². The number of hydrogen-bond acceptors (Lipinski definition) is 3. The van der Waals surface area contributed by atoms with E-state index in [0.29, 0.717) is 11.6 Å². The van der Waals surface area contributed by atoms with Crippen molar-refractivity contribution in [1.29, 1.82) is 0 Å². The molecule has 0 fully saturated rings. The minimum atomic E-state index is 0.0901. The van der Waals surface area contributed by atoms with Gasteiger partial charge in [0.15, 0.2) is 0 Å². The molecule has 0 aromatic heterocycles.